The minimum absolute atomic E-state index is 0.446. The first-order valence-corrected chi connectivity index (χ1v) is 10.6. The number of anilines is 2. The van der Waals surface area contributed by atoms with Crippen molar-refractivity contribution in [1.82, 2.24) is 10.3 Å². The molecule has 0 fully saturated rings. The number of nitrogens with zero attached hydrogens (tertiary/aromatic N) is 1. The molecule has 0 saturated carbocycles. The average Bonchev–Trinajstić information content (AvgIpc) is 2.70. The molecule has 0 spiro atoms. The molecule has 4 N–H and O–H groups in total. The van der Waals surface area contributed by atoms with E-state index in [1.165, 1.54) is 0 Å². The van der Waals surface area contributed by atoms with Crippen LogP contribution in [0.5, 0.6) is 5.75 Å². The SMILES string of the molecule is CC(C)(CNc1c(N)cnc2cc(OCc3ccccc3)ccc12)NC(=O)OC(C)(C)C. The number of carbonyl (C=O) groups excluding carboxylic acids is 1. The number of fused-ring (bicyclic) bond motifs is 1. The van der Waals surface area contributed by atoms with Crippen molar-refractivity contribution in [1.29, 1.82) is 0 Å². The smallest absolute Gasteiger partial charge is 0.408 e. The van der Waals surface area contributed by atoms with Crippen LogP contribution in [0.1, 0.15) is 40.2 Å². The Bertz CT molecular complexity index is 1080. The van der Waals surface area contributed by atoms with Crippen LogP contribution in [0.4, 0.5) is 16.2 Å². The number of nitrogens with two attached hydrogens (primary N) is 1. The van der Waals surface area contributed by atoms with Crippen molar-refractivity contribution in [3.05, 3.63) is 60.3 Å². The second-order valence-electron chi connectivity index (χ2n) is 9.41. The summed E-state index contributed by atoms with van der Waals surface area (Å²) >= 11 is 0. The highest BCUT2D eigenvalue weighted by Gasteiger charge is 2.25. The standard InChI is InChI=1S/C25H32N4O3/c1-24(2,3)32-23(30)29-25(4,5)16-28-22-19-12-11-18(13-21(19)27-14-20(22)26)31-15-17-9-7-6-8-10-17/h6-14H,15-16,26H2,1-5H3,(H,27,28)(H,29,30). The molecule has 7 nitrogen and oxygen atoms in total. The van der Waals surface area contributed by atoms with E-state index in [1.54, 1.807) is 6.20 Å². The van der Waals surface area contributed by atoms with Crippen LogP contribution in [0.15, 0.2) is 54.7 Å². The number of benzene rings is 2. The molecule has 0 saturated heterocycles. The number of alkyl carbamates (subject to hydrolysis) is 1. The third kappa shape index (κ3) is 6.51. The van der Waals surface area contributed by atoms with E-state index in [-0.39, 0.29) is 0 Å². The number of hydrogen-bond donors (Lipinski definition) is 3. The van der Waals surface area contributed by atoms with Crippen LogP contribution in [0.3, 0.4) is 0 Å². The highest BCUT2D eigenvalue weighted by Crippen LogP contribution is 2.31. The highest BCUT2D eigenvalue weighted by molar-refractivity contribution is 5.97. The molecule has 1 amide bonds. The maximum atomic E-state index is 12.2. The van der Waals surface area contributed by atoms with E-state index in [0.29, 0.717) is 18.8 Å². The fraction of sp³-hybridized carbons (Fsp3) is 0.360. The van der Waals surface area contributed by atoms with E-state index in [1.807, 2.05) is 83.1 Å². The summed E-state index contributed by atoms with van der Waals surface area (Å²) in [5, 5.41) is 7.14. The fourth-order valence-electron chi connectivity index (χ4n) is 3.15. The normalized spacial score (nSPS) is 11.8. The monoisotopic (exact) mass is 436 g/mol. The van der Waals surface area contributed by atoms with Gasteiger partial charge >= 0.3 is 6.09 Å². The van der Waals surface area contributed by atoms with Crippen molar-refractivity contribution < 1.29 is 14.3 Å². The van der Waals surface area contributed by atoms with Gasteiger partial charge in [-0.1, -0.05) is 30.3 Å². The van der Waals surface area contributed by atoms with Crippen molar-refractivity contribution in [3.8, 4) is 5.75 Å². The number of amides is 1. The van der Waals surface area contributed by atoms with Gasteiger partial charge in [0.25, 0.3) is 0 Å². The lowest BCUT2D eigenvalue weighted by Crippen LogP contribution is -2.50. The molecule has 2 aromatic carbocycles. The first-order chi connectivity index (χ1) is 15.0. The second-order valence-corrected chi connectivity index (χ2v) is 9.41. The van der Waals surface area contributed by atoms with Crippen LogP contribution in [-0.2, 0) is 11.3 Å². The summed E-state index contributed by atoms with van der Waals surface area (Å²) in [6, 6.07) is 15.7. The number of nitrogen functional groups attached to an aromatic ring is 1. The minimum atomic E-state index is -0.566. The molecule has 0 bridgehead atoms. The Balaban J connectivity index is 1.70. The zero-order valence-electron chi connectivity index (χ0n) is 19.4. The number of aromatic nitrogens is 1. The second kappa shape index (κ2) is 9.34. The molecule has 0 atom stereocenters. The highest BCUT2D eigenvalue weighted by atomic mass is 16.6. The number of ether oxygens (including phenoxy) is 2. The molecule has 32 heavy (non-hydrogen) atoms. The van der Waals surface area contributed by atoms with Gasteiger partial charge in [0.2, 0.25) is 0 Å². The molecule has 1 heterocycles. The quantitative estimate of drug-likeness (QED) is 0.476. The predicted molar refractivity (Wildman–Crippen MR) is 129 cm³/mol. The fourth-order valence-corrected chi connectivity index (χ4v) is 3.15. The van der Waals surface area contributed by atoms with Crippen LogP contribution in [-0.4, -0.2) is 28.8 Å². The third-order valence-corrected chi connectivity index (χ3v) is 4.66. The van der Waals surface area contributed by atoms with Crippen LogP contribution < -0.4 is 21.1 Å². The van der Waals surface area contributed by atoms with E-state index in [0.717, 1.165) is 27.9 Å². The molecular formula is C25H32N4O3. The molecule has 0 aliphatic rings. The number of pyridine rings is 1. The molecular weight excluding hydrogens is 404 g/mol. The average molecular weight is 437 g/mol. The van der Waals surface area contributed by atoms with Gasteiger partial charge in [0.1, 0.15) is 18.0 Å². The summed E-state index contributed by atoms with van der Waals surface area (Å²) in [6.07, 6.45) is 1.16. The van der Waals surface area contributed by atoms with Crippen LogP contribution in [0, 0.1) is 0 Å². The van der Waals surface area contributed by atoms with Crippen LogP contribution >= 0.6 is 0 Å². The largest absolute Gasteiger partial charge is 0.489 e. The molecule has 1 aromatic heterocycles. The van der Waals surface area contributed by atoms with Gasteiger partial charge in [-0.3, -0.25) is 4.98 Å². The Morgan fingerprint density at radius 1 is 1.06 bits per heavy atom. The van der Waals surface area contributed by atoms with E-state index >= 15 is 0 Å². The van der Waals surface area contributed by atoms with Crippen molar-refractivity contribution in [2.45, 2.75) is 52.4 Å². The summed E-state index contributed by atoms with van der Waals surface area (Å²) in [7, 11) is 0. The van der Waals surface area contributed by atoms with Gasteiger partial charge in [-0.15, -0.1) is 0 Å². The predicted octanol–water partition coefficient (Wildman–Crippen LogP) is 5.11. The van der Waals surface area contributed by atoms with Gasteiger partial charge in [-0.25, -0.2) is 4.79 Å². The minimum Gasteiger partial charge on any atom is -0.489 e. The summed E-state index contributed by atoms with van der Waals surface area (Å²) in [5.41, 5.74) is 8.25. The number of hydrogen-bond acceptors (Lipinski definition) is 6. The maximum Gasteiger partial charge on any atom is 0.408 e. The first-order valence-electron chi connectivity index (χ1n) is 10.6. The number of carbonyl (C=O) groups is 1. The Morgan fingerprint density at radius 3 is 2.47 bits per heavy atom. The summed E-state index contributed by atoms with van der Waals surface area (Å²) in [5.74, 6) is 0.733. The van der Waals surface area contributed by atoms with Crippen LogP contribution in [0.25, 0.3) is 10.9 Å². The van der Waals surface area contributed by atoms with Gasteiger partial charge in [0.15, 0.2) is 0 Å². The summed E-state index contributed by atoms with van der Waals surface area (Å²) in [4.78, 5) is 16.6. The van der Waals surface area contributed by atoms with Gasteiger partial charge in [0, 0.05) is 18.0 Å². The van der Waals surface area contributed by atoms with E-state index in [9.17, 15) is 4.79 Å². The van der Waals surface area contributed by atoms with Crippen molar-refractivity contribution in [2.24, 2.45) is 0 Å². The Hall–Kier alpha value is -3.48. The maximum absolute atomic E-state index is 12.2. The summed E-state index contributed by atoms with van der Waals surface area (Å²) < 4.78 is 11.3. The molecule has 0 aliphatic carbocycles. The molecule has 0 aliphatic heterocycles. The topological polar surface area (TPSA) is 98.5 Å². The van der Waals surface area contributed by atoms with Crippen LogP contribution in [0.2, 0.25) is 0 Å². The number of rotatable bonds is 7. The number of nitrogens with one attached hydrogen (secondary N) is 2. The Labute approximate surface area is 189 Å². The van der Waals surface area contributed by atoms with E-state index < -0.39 is 17.2 Å². The van der Waals surface area contributed by atoms with Crippen molar-refractivity contribution in [3.63, 3.8) is 0 Å². The van der Waals surface area contributed by atoms with Crippen molar-refractivity contribution in [2.75, 3.05) is 17.6 Å². The molecule has 0 radical (unpaired) electrons. The van der Waals surface area contributed by atoms with Gasteiger partial charge in [0.05, 0.1) is 28.6 Å². The zero-order valence-corrected chi connectivity index (χ0v) is 19.4. The molecule has 3 aromatic rings. The summed E-state index contributed by atoms with van der Waals surface area (Å²) in [6.45, 7) is 10.3. The lowest BCUT2D eigenvalue weighted by molar-refractivity contribution is 0.0478. The molecule has 7 heteroatoms. The van der Waals surface area contributed by atoms with E-state index in [4.69, 9.17) is 15.2 Å². The zero-order chi connectivity index (χ0) is 23.4. The molecule has 170 valence electrons. The molecule has 0 unspecified atom stereocenters. The lowest BCUT2D eigenvalue weighted by Gasteiger charge is -2.29. The van der Waals surface area contributed by atoms with Crippen molar-refractivity contribution >= 4 is 28.4 Å². The van der Waals surface area contributed by atoms with E-state index in [2.05, 4.69) is 15.6 Å². The third-order valence-electron chi connectivity index (χ3n) is 4.66. The Kier molecular flexibility index (Phi) is 6.77. The van der Waals surface area contributed by atoms with Gasteiger partial charge in [-0.2, -0.15) is 0 Å². The Morgan fingerprint density at radius 2 is 1.78 bits per heavy atom. The van der Waals surface area contributed by atoms with Gasteiger partial charge < -0.3 is 25.8 Å². The lowest BCUT2D eigenvalue weighted by atomic mass is 10.1. The molecule has 3 rings (SSSR count). The first kappa shape index (κ1) is 23.2. The van der Waals surface area contributed by atoms with Gasteiger partial charge in [-0.05, 0) is 52.3 Å².